The molecule has 0 aromatic heterocycles. The monoisotopic (exact) mass is 411 g/mol. The number of anilines is 2. The Labute approximate surface area is 167 Å². The predicted octanol–water partition coefficient (Wildman–Crippen LogP) is 4.26. The minimum atomic E-state index is -3.77. The molecule has 140 valence electrons. The summed E-state index contributed by atoms with van der Waals surface area (Å²) in [7, 11) is -3.77. The van der Waals surface area contributed by atoms with Crippen LogP contribution in [0, 0.1) is 11.3 Å². The van der Waals surface area contributed by atoms with Crippen molar-refractivity contribution in [2.24, 2.45) is 0 Å². The summed E-state index contributed by atoms with van der Waals surface area (Å²) in [6, 6.07) is 20.4. The van der Waals surface area contributed by atoms with Crippen molar-refractivity contribution in [1.82, 2.24) is 0 Å². The third kappa shape index (κ3) is 4.49. The molecule has 0 aliphatic heterocycles. The van der Waals surface area contributed by atoms with Crippen LogP contribution >= 0.6 is 11.6 Å². The molecule has 0 heterocycles. The largest absolute Gasteiger partial charge is 0.321 e. The molecule has 3 rings (SSSR count). The summed E-state index contributed by atoms with van der Waals surface area (Å²) in [5.74, 6) is -0.408. The number of hydrogen-bond acceptors (Lipinski definition) is 4. The van der Waals surface area contributed by atoms with Gasteiger partial charge in [-0.25, -0.2) is 8.42 Å². The number of sulfonamides is 1. The minimum Gasteiger partial charge on any atom is -0.321 e. The maximum absolute atomic E-state index is 12.4. The number of carbonyl (C=O) groups excluding carboxylic acids is 1. The lowest BCUT2D eigenvalue weighted by Gasteiger charge is -2.10. The zero-order valence-corrected chi connectivity index (χ0v) is 16.0. The highest BCUT2D eigenvalue weighted by molar-refractivity contribution is 7.92. The van der Waals surface area contributed by atoms with Crippen LogP contribution in [0.25, 0.3) is 0 Å². The van der Waals surface area contributed by atoms with Crippen LogP contribution in [0.2, 0.25) is 5.02 Å². The second kappa shape index (κ2) is 8.13. The van der Waals surface area contributed by atoms with Crippen LogP contribution in [-0.2, 0) is 10.0 Å². The molecule has 3 aromatic carbocycles. The summed E-state index contributed by atoms with van der Waals surface area (Å²) in [5.41, 5.74) is 1.39. The first-order chi connectivity index (χ1) is 13.4. The maximum atomic E-state index is 12.4. The molecule has 6 nitrogen and oxygen atoms in total. The lowest BCUT2D eigenvalue weighted by molar-refractivity contribution is 0.102. The Morgan fingerprint density at radius 2 is 1.57 bits per heavy atom. The molecule has 1 amide bonds. The highest BCUT2D eigenvalue weighted by atomic mass is 35.5. The van der Waals surface area contributed by atoms with Crippen LogP contribution in [0.1, 0.15) is 15.9 Å². The molecule has 8 heteroatoms. The van der Waals surface area contributed by atoms with E-state index in [1.165, 1.54) is 48.5 Å². The fourth-order valence-electron chi connectivity index (χ4n) is 2.40. The Hall–Kier alpha value is -3.34. The van der Waals surface area contributed by atoms with E-state index in [0.29, 0.717) is 27.5 Å². The quantitative estimate of drug-likeness (QED) is 0.655. The van der Waals surface area contributed by atoms with Crippen molar-refractivity contribution >= 4 is 38.9 Å². The molecule has 0 atom stereocenters. The maximum Gasteiger partial charge on any atom is 0.261 e. The van der Waals surface area contributed by atoms with Gasteiger partial charge in [0.2, 0.25) is 0 Å². The summed E-state index contributed by atoms with van der Waals surface area (Å²) in [6.07, 6.45) is 0. The van der Waals surface area contributed by atoms with Crippen molar-refractivity contribution in [1.29, 1.82) is 5.26 Å². The van der Waals surface area contributed by atoms with Gasteiger partial charge in [0.15, 0.2) is 0 Å². The number of nitriles is 1. The van der Waals surface area contributed by atoms with Crippen LogP contribution < -0.4 is 10.0 Å². The summed E-state index contributed by atoms with van der Waals surface area (Å²) >= 11 is 5.78. The van der Waals surface area contributed by atoms with Crippen LogP contribution in [-0.4, -0.2) is 14.3 Å². The second-order valence-electron chi connectivity index (χ2n) is 5.75. The Bertz CT molecular complexity index is 1150. The average molecular weight is 412 g/mol. The van der Waals surface area contributed by atoms with E-state index in [-0.39, 0.29) is 4.90 Å². The van der Waals surface area contributed by atoms with Gasteiger partial charge in [0.05, 0.1) is 16.1 Å². The lowest BCUT2D eigenvalue weighted by Crippen LogP contribution is -2.14. The number of para-hydroxylation sites is 1. The zero-order valence-electron chi connectivity index (χ0n) is 14.4. The Balaban J connectivity index is 1.73. The molecule has 0 saturated heterocycles. The highest BCUT2D eigenvalue weighted by Crippen LogP contribution is 2.20. The number of nitrogens with one attached hydrogen (secondary N) is 2. The van der Waals surface area contributed by atoms with Gasteiger partial charge in [0.1, 0.15) is 6.07 Å². The van der Waals surface area contributed by atoms with E-state index in [1.54, 1.807) is 24.3 Å². The third-order valence-electron chi connectivity index (χ3n) is 3.82. The van der Waals surface area contributed by atoms with E-state index in [1.807, 2.05) is 6.07 Å². The first-order valence-electron chi connectivity index (χ1n) is 8.08. The van der Waals surface area contributed by atoms with Crippen molar-refractivity contribution in [3.05, 3.63) is 88.9 Å². The van der Waals surface area contributed by atoms with Gasteiger partial charge in [-0.3, -0.25) is 9.52 Å². The van der Waals surface area contributed by atoms with Gasteiger partial charge in [-0.05, 0) is 60.7 Å². The highest BCUT2D eigenvalue weighted by Gasteiger charge is 2.15. The normalized spacial score (nSPS) is 10.7. The fraction of sp³-hybridized carbons (Fsp3) is 0. The first-order valence-corrected chi connectivity index (χ1v) is 9.94. The van der Waals surface area contributed by atoms with Crippen molar-refractivity contribution in [2.75, 3.05) is 10.0 Å². The summed E-state index contributed by atoms with van der Waals surface area (Å²) in [5, 5.41) is 12.2. The standard InChI is InChI=1S/C20H14ClN3O3S/c21-16-7-11-18(12-8-16)28(26,27)24-17-9-5-14(6-10-17)20(25)23-19-4-2-1-3-15(19)13-22/h1-12,24H,(H,23,25). The lowest BCUT2D eigenvalue weighted by atomic mass is 10.1. The number of benzene rings is 3. The van der Waals surface area contributed by atoms with E-state index in [0.717, 1.165) is 0 Å². The Kier molecular flexibility index (Phi) is 5.64. The number of halogens is 1. The van der Waals surface area contributed by atoms with Crippen LogP contribution in [0.15, 0.2) is 77.7 Å². The summed E-state index contributed by atoms with van der Waals surface area (Å²) < 4.78 is 27.2. The van der Waals surface area contributed by atoms with E-state index >= 15 is 0 Å². The van der Waals surface area contributed by atoms with Crippen molar-refractivity contribution in [3.63, 3.8) is 0 Å². The van der Waals surface area contributed by atoms with E-state index < -0.39 is 15.9 Å². The van der Waals surface area contributed by atoms with Crippen LogP contribution in [0.3, 0.4) is 0 Å². The topological polar surface area (TPSA) is 99.1 Å². The molecule has 0 radical (unpaired) electrons. The van der Waals surface area contributed by atoms with Gasteiger partial charge >= 0.3 is 0 Å². The molecule has 0 unspecified atom stereocenters. The van der Waals surface area contributed by atoms with Gasteiger partial charge in [-0.1, -0.05) is 23.7 Å². The smallest absolute Gasteiger partial charge is 0.261 e. The molecule has 0 aliphatic carbocycles. The van der Waals surface area contributed by atoms with Gasteiger partial charge in [-0.15, -0.1) is 0 Å². The van der Waals surface area contributed by atoms with E-state index in [4.69, 9.17) is 16.9 Å². The number of amides is 1. The average Bonchev–Trinajstić information content (AvgIpc) is 2.69. The molecular weight excluding hydrogens is 398 g/mol. The SMILES string of the molecule is N#Cc1ccccc1NC(=O)c1ccc(NS(=O)(=O)c2ccc(Cl)cc2)cc1. The van der Waals surface area contributed by atoms with Crippen LogP contribution in [0.4, 0.5) is 11.4 Å². The van der Waals surface area contributed by atoms with Gasteiger partial charge in [0, 0.05) is 16.3 Å². The molecule has 0 saturated carbocycles. The molecule has 28 heavy (non-hydrogen) atoms. The van der Waals surface area contributed by atoms with Gasteiger partial charge in [0.25, 0.3) is 15.9 Å². The molecule has 0 spiro atoms. The first kappa shape index (κ1) is 19.4. The number of hydrogen-bond donors (Lipinski definition) is 2. The predicted molar refractivity (Wildman–Crippen MR) is 108 cm³/mol. The molecule has 0 fully saturated rings. The number of nitrogens with zero attached hydrogens (tertiary/aromatic N) is 1. The number of carbonyl (C=O) groups is 1. The number of rotatable bonds is 5. The zero-order chi connectivity index (χ0) is 20.1. The van der Waals surface area contributed by atoms with Crippen molar-refractivity contribution in [3.8, 4) is 6.07 Å². The van der Waals surface area contributed by atoms with Crippen LogP contribution in [0.5, 0.6) is 0 Å². The second-order valence-corrected chi connectivity index (χ2v) is 7.87. The molecule has 3 aromatic rings. The van der Waals surface area contributed by atoms with Crippen molar-refractivity contribution < 1.29 is 13.2 Å². The van der Waals surface area contributed by atoms with Gasteiger partial charge < -0.3 is 5.32 Å². The summed E-state index contributed by atoms with van der Waals surface area (Å²) in [6.45, 7) is 0. The molecular formula is C20H14ClN3O3S. The van der Waals surface area contributed by atoms with E-state index in [2.05, 4.69) is 10.0 Å². The molecule has 0 bridgehead atoms. The fourth-order valence-corrected chi connectivity index (χ4v) is 3.59. The Morgan fingerprint density at radius 1 is 0.929 bits per heavy atom. The molecule has 2 N–H and O–H groups in total. The summed E-state index contributed by atoms with van der Waals surface area (Å²) in [4.78, 5) is 12.4. The molecule has 0 aliphatic rings. The van der Waals surface area contributed by atoms with E-state index in [9.17, 15) is 13.2 Å². The van der Waals surface area contributed by atoms with Gasteiger partial charge in [-0.2, -0.15) is 5.26 Å². The van der Waals surface area contributed by atoms with Crippen molar-refractivity contribution in [2.45, 2.75) is 4.90 Å². The third-order valence-corrected chi connectivity index (χ3v) is 5.47. The Morgan fingerprint density at radius 3 is 2.21 bits per heavy atom. The minimum absolute atomic E-state index is 0.0758.